The minimum Gasteiger partial charge on any atom is -2.00 e. The predicted octanol–water partition coefficient (Wildman–Crippen LogP) is -0.359. The molecule has 5 heavy (non-hydrogen) atoms. The zero-order valence-corrected chi connectivity index (χ0v) is 7.11. The molecule has 0 aromatic carbocycles. The summed E-state index contributed by atoms with van der Waals surface area (Å²) in [6, 6.07) is 0. The van der Waals surface area contributed by atoms with E-state index in [1.54, 1.807) is 0 Å². The van der Waals surface area contributed by atoms with Gasteiger partial charge in [-0.2, -0.15) is 0 Å². The Morgan fingerprint density at radius 1 is 0.600 bits per heavy atom. The fourth-order valence-corrected chi connectivity index (χ4v) is 0. The van der Waals surface area contributed by atoms with E-state index in [2.05, 4.69) is 0 Å². The van der Waals surface area contributed by atoms with Gasteiger partial charge in [0.1, 0.15) is 0 Å². The summed E-state index contributed by atoms with van der Waals surface area (Å²) in [6.45, 7) is 0. The van der Waals surface area contributed by atoms with Gasteiger partial charge < -0.3 is 16.4 Å². The molecule has 0 atom stereocenters. The van der Waals surface area contributed by atoms with E-state index in [0.717, 1.165) is 0 Å². The third-order valence-corrected chi connectivity index (χ3v) is 0. The summed E-state index contributed by atoms with van der Waals surface area (Å²) in [4.78, 5) is 0. The van der Waals surface area contributed by atoms with Gasteiger partial charge in [-0.25, -0.2) is 0 Å². The zero-order chi connectivity index (χ0) is 0. The van der Waals surface area contributed by atoms with Crippen molar-refractivity contribution in [2.45, 2.75) is 0 Å². The van der Waals surface area contributed by atoms with Crippen molar-refractivity contribution in [1.82, 2.24) is 0 Å². The first kappa shape index (κ1) is 55.5. The summed E-state index contributed by atoms with van der Waals surface area (Å²) in [5.41, 5.74) is 0. The van der Waals surface area contributed by atoms with Crippen molar-refractivity contribution in [2.24, 2.45) is 0 Å². The van der Waals surface area contributed by atoms with Crippen LogP contribution in [0.1, 0.15) is 0 Å². The molecule has 0 amide bonds. The van der Waals surface area contributed by atoms with E-state index in [9.17, 15) is 0 Å². The summed E-state index contributed by atoms with van der Waals surface area (Å²) in [5, 5.41) is 0. The molecule has 0 fully saturated rings. The minimum atomic E-state index is 0. The minimum absolute atomic E-state index is 0. The molecule has 0 rings (SSSR count). The molecule has 0 aliphatic rings. The Kier molecular flexibility index (Phi) is 375. The maximum Gasteiger partial charge on any atom is 3.00 e. The van der Waals surface area contributed by atoms with E-state index in [-0.39, 0.29) is 87.7 Å². The Bertz CT molecular complexity index is 6.85. The van der Waals surface area contributed by atoms with Gasteiger partial charge in [0.25, 0.3) is 0 Å². The molecule has 0 bridgehead atoms. The van der Waals surface area contributed by atoms with Gasteiger partial charge in [-0.1, -0.05) is 0 Å². The Hall–Kier alpha value is 2.27. The third-order valence-electron chi connectivity index (χ3n) is 0. The van der Waals surface area contributed by atoms with E-state index in [0.29, 0.717) is 0 Å². The van der Waals surface area contributed by atoms with E-state index < -0.39 is 0 Å². The Morgan fingerprint density at radius 3 is 0.600 bits per heavy atom. The van der Waals surface area contributed by atoms with Gasteiger partial charge >= 0.3 is 71.3 Å². The molecule has 5 heteroatoms. The fraction of sp³-hybridized carbons (Fsp3) is 0. The number of hydrogen-bond donors (Lipinski definition) is 0. The van der Waals surface area contributed by atoms with Gasteiger partial charge in [0, 0.05) is 0 Å². The Balaban J connectivity index is 0. The van der Waals surface area contributed by atoms with Crippen molar-refractivity contribution in [1.29, 1.82) is 0 Å². The van der Waals surface area contributed by atoms with Crippen LogP contribution in [0.2, 0.25) is 0 Å². The fourth-order valence-electron chi connectivity index (χ4n) is 0. The first-order chi connectivity index (χ1) is 0. The average molecular weight is 296 g/mol. The van der Waals surface area contributed by atoms with Crippen LogP contribution in [0, 0.1) is 38.6 Å². The zero-order valence-electron chi connectivity index (χ0n) is 2.14. The molecule has 30 valence electrons. The van der Waals surface area contributed by atoms with Gasteiger partial charge in [-0.05, 0) is 0 Å². The van der Waals surface area contributed by atoms with Crippen LogP contribution < -0.4 is 0 Å². The predicted molar refractivity (Wildman–Crippen MR) is 2.06 cm³/mol. The number of rotatable bonds is 0. The van der Waals surface area contributed by atoms with Gasteiger partial charge in [0.2, 0.25) is 0 Å². The SMILES string of the molecule is [O-2].[O-2].[O-2].[Tb+3].[Y+3]. The molecule has 0 heterocycles. The Morgan fingerprint density at radius 2 is 0.600 bits per heavy atom. The topological polar surface area (TPSA) is 85.5 Å². The number of hydrogen-bond acceptors (Lipinski definition) is 0. The van der Waals surface area contributed by atoms with Gasteiger partial charge in [0.15, 0.2) is 0 Å². The molecule has 0 radical (unpaired) electrons. The standard InChI is InChI=1S/3O.Tb.Y/q3*-2;2*+3. The molecule has 0 aliphatic heterocycles. The van der Waals surface area contributed by atoms with Crippen molar-refractivity contribution < 1.29 is 87.7 Å². The van der Waals surface area contributed by atoms with Gasteiger partial charge in [-0.3, -0.25) is 0 Å². The van der Waals surface area contributed by atoms with Crippen molar-refractivity contribution in [3.05, 3.63) is 0 Å². The maximum atomic E-state index is 0. The first-order valence-electron chi connectivity index (χ1n) is 0. The van der Waals surface area contributed by atoms with E-state index in [1.165, 1.54) is 0 Å². The second-order valence-corrected chi connectivity index (χ2v) is 0. The van der Waals surface area contributed by atoms with E-state index >= 15 is 0 Å². The maximum absolute atomic E-state index is 0. The summed E-state index contributed by atoms with van der Waals surface area (Å²) in [6.07, 6.45) is 0. The van der Waals surface area contributed by atoms with Gasteiger partial charge in [-0.15, -0.1) is 0 Å². The average Bonchev–Trinajstić information content (AvgIpc) is 0. The molecule has 0 N–H and O–H groups in total. The monoisotopic (exact) mass is 296 g/mol. The smallest absolute Gasteiger partial charge is 2.00 e. The second-order valence-electron chi connectivity index (χ2n) is 0. The normalized spacial score (nSPS) is 0. The van der Waals surface area contributed by atoms with Crippen LogP contribution >= 0.6 is 0 Å². The largest absolute Gasteiger partial charge is 3.00 e. The van der Waals surface area contributed by atoms with Crippen LogP contribution in [0.4, 0.5) is 0 Å². The summed E-state index contributed by atoms with van der Waals surface area (Å²) < 4.78 is 0. The van der Waals surface area contributed by atoms with E-state index in [1.807, 2.05) is 0 Å². The molecule has 0 saturated heterocycles. The Labute approximate surface area is 86.1 Å². The van der Waals surface area contributed by atoms with Gasteiger partial charge in [0.05, 0.1) is 0 Å². The van der Waals surface area contributed by atoms with Crippen LogP contribution in [0.25, 0.3) is 0 Å². The summed E-state index contributed by atoms with van der Waals surface area (Å²) >= 11 is 0. The molecule has 0 aromatic heterocycles. The van der Waals surface area contributed by atoms with Crippen LogP contribution in [0.5, 0.6) is 0 Å². The van der Waals surface area contributed by atoms with Crippen LogP contribution in [-0.2, 0) is 49.1 Å². The molecule has 0 unspecified atom stereocenters. The molecular formula is O3TbY. The van der Waals surface area contributed by atoms with Crippen LogP contribution in [-0.4, -0.2) is 0 Å². The third kappa shape index (κ3) is 22.2. The van der Waals surface area contributed by atoms with E-state index in [4.69, 9.17) is 0 Å². The van der Waals surface area contributed by atoms with Crippen LogP contribution in [0.15, 0.2) is 0 Å². The molecule has 3 nitrogen and oxygen atoms in total. The quantitative estimate of drug-likeness (QED) is 0.584. The van der Waals surface area contributed by atoms with Crippen LogP contribution in [0.3, 0.4) is 0 Å². The molecule has 0 spiro atoms. The summed E-state index contributed by atoms with van der Waals surface area (Å²) in [7, 11) is 0. The molecular weight excluding hydrogens is 296 g/mol. The molecule has 0 aromatic rings. The van der Waals surface area contributed by atoms with Crippen molar-refractivity contribution in [3.63, 3.8) is 0 Å². The first-order valence-corrected chi connectivity index (χ1v) is 0. The van der Waals surface area contributed by atoms with Crippen molar-refractivity contribution in [3.8, 4) is 0 Å². The van der Waals surface area contributed by atoms with Crippen molar-refractivity contribution in [2.75, 3.05) is 0 Å². The molecule has 0 saturated carbocycles. The molecule has 0 aliphatic carbocycles. The van der Waals surface area contributed by atoms with Crippen molar-refractivity contribution >= 4 is 0 Å². The summed E-state index contributed by atoms with van der Waals surface area (Å²) in [5.74, 6) is 0. The second kappa shape index (κ2) is 33.8.